The van der Waals surface area contributed by atoms with Gasteiger partial charge in [0.15, 0.2) is 0 Å². The lowest BCUT2D eigenvalue weighted by Gasteiger charge is -2.13. The van der Waals surface area contributed by atoms with Crippen molar-refractivity contribution in [3.8, 4) is 5.69 Å². The third-order valence-corrected chi connectivity index (χ3v) is 5.44. The molecule has 0 radical (unpaired) electrons. The third kappa shape index (κ3) is 4.72. The van der Waals surface area contributed by atoms with Gasteiger partial charge in [-0.2, -0.15) is 4.68 Å². The molecule has 29 heavy (non-hydrogen) atoms. The quantitative estimate of drug-likeness (QED) is 0.356. The minimum atomic E-state index is -0.553. The van der Waals surface area contributed by atoms with E-state index >= 15 is 0 Å². The van der Waals surface area contributed by atoms with Crippen LogP contribution in [0.1, 0.15) is 18.1 Å². The largest absolute Gasteiger partial charge is 0.324 e. The number of non-ortho nitro benzene ring substituents is 1. The summed E-state index contributed by atoms with van der Waals surface area (Å²) in [6.07, 6.45) is 0. The molecule has 0 fully saturated rings. The highest BCUT2D eigenvalue weighted by molar-refractivity contribution is 8.00. The maximum atomic E-state index is 12.6. The molecule has 0 spiro atoms. The van der Waals surface area contributed by atoms with E-state index < -0.39 is 10.2 Å². The molecule has 0 aliphatic rings. The number of thioether (sulfide) groups is 1. The lowest BCUT2D eigenvalue weighted by atomic mass is 10.1. The molecule has 3 rings (SSSR count). The van der Waals surface area contributed by atoms with Gasteiger partial charge in [0, 0.05) is 12.1 Å². The normalized spacial score (nSPS) is 11.9. The molecule has 0 bridgehead atoms. The van der Waals surface area contributed by atoms with Crippen LogP contribution in [0.5, 0.6) is 0 Å². The first-order valence-electron chi connectivity index (χ1n) is 8.53. The molecular weight excluding hydrogens is 416 g/mol. The van der Waals surface area contributed by atoms with Gasteiger partial charge in [0.1, 0.15) is 0 Å². The molecule has 0 aliphatic carbocycles. The average molecular weight is 433 g/mol. The van der Waals surface area contributed by atoms with Gasteiger partial charge in [-0.25, -0.2) is 0 Å². The van der Waals surface area contributed by atoms with Gasteiger partial charge in [-0.15, -0.1) is 5.10 Å². The second-order valence-corrected chi connectivity index (χ2v) is 8.05. The van der Waals surface area contributed by atoms with E-state index in [1.807, 2.05) is 32.0 Å². The number of aryl methyl sites for hydroxylation is 2. The summed E-state index contributed by atoms with van der Waals surface area (Å²) in [4.78, 5) is 22.8. The van der Waals surface area contributed by atoms with E-state index in [0.29, 0.717) is 10.8 Å². The number of benzene rings is 2. The van der Waals surface area contributed by atoms with Crippen LogP contribution in [-0.2, 0) is 4.79 Å². The van der Waals surface area contributed by atoms with Crippen LogP contribution in [-0.4, -0.2) is 36.3 Å². The summed E-state index contributed by atoms with van der Waals surface area (Å²) in [5.41, 5.74) is 3.11. The summed E-state index contributed by atoms with van der Waals surface area (Å²) in [5.74, 6) is -0.332. The maximum absolute atomic E-state index is 12.6. The summed E-state index contributed by atoms with van der Waals surface area (Å²) in [6.45, 7) is 5.67. The summed E-state index contributed by atoms with van der Waals surface area (Å²) in [6, 6.07) is 9.78. The number of nitro benzene ring substituents is 1. The summed E-state index contributed by atoms with van der Waals surface area (Å²) < 4.78 is 1.59. The molecule has 3 aromatic rings. The SMILES string of the molecule is Cc1ccc(-n2nnnc2SC(C)C(=O)Nc2ccc([N+](=O)[O-])cc2Cl)c(C)c1. The van der Waals surface area contributed by atoms with Crippen molar-refractivity contribution < 1.29 is 9.72 Å². The number of carbonyl (C=O) groups excluding carboxylic acids is 1. The molecule has 1 heterocycles. The topological polar surface area (TPSA) is 116 Å². The molecular formula is C18H17ClN6O3S. The number of hydrogen-bond acceptors (Lipinski definition) is 7. The van der Waals surface area contributed by atoms with E-state index in [2.05, 4.69) is 20.8 Å². The number of hydrogen-bond donors (Lipinski definition) is 1. The first kappa shape index (κ1) is 20.7. The monoisotopic (exact) mass is 432 g/mol. The maximum Gasteiger partial charge on any atom is 0.271 e. The Hall–Kier alpha value is -2.98. The molecule has 1 N–H and O–H groups in total. The van der Waals surface area contributed by atoms with Crippen LogP contribution in [0.4, 0.5) is 11.4 Å². The summed E-state index contributed by atoms with van der Waals surface area (Å²) in [7, 11) is 0. The molecule has 0 saturated carbocycles. The van der Waals surface area contributed by atoms with Crippen LogP contribution in [0.25, 0.3) is 5.69 Å². The molecule has 11 heteroatoms. The third-order valence-electron chi connectivity index (χ3n) is 4.09. The zero-order chi connectivity index (χ0) is 21.1. The van der Waals surface area contributed by atoms with Crippen molar-refractivity contribution in [2.24, 2.45) is 0 Å². The van der Waals surface area contributed by atoms with Crippen molar-refractivity contribution in [3.63, 3.8) is 0 Å². The molecule has 150 valence electrons. The van der Waals surface area contributed by atoms with Crippen molar-refractivity contribution in [2.75, 3.05) is 5.32 Å². The second kappa shape index (κ2) is 8.58. The molecule has 1 atom stereocenters. The van der Waals surface area contributed by atoms with Gasteiger partial charge in [-0.05, 0) is 48.9 Å². The van der Waals surface area contributed by atoms with E-state index in [-0.39, 0.29) is 16.6 Å². The number of aromatic nitrogens is 4. The van der Waals surface area contributed by atoms with Crippen LogP contribution >= 0.6 is 23.4 Å². The number of nitrogens with zero attached hydrogens (tertiary/aromatic N) is 5. The Balaban J connectivity index is 1.74. The fourth-order valence-corrected chi connectivity index (χ4v) is 3.63. The number of carbonyl (C=O) groups is 1. The van der Waals surface area contributed by atoms with E-state index in [4.69, 9.17) is 11.6 Å². The molecule has 0 saturated heterocycles. The van der Waals surface area contributed by atoms with E-state index in [0.717, 1.165) is 16.8 Å². The van der Waals surface area contributed by atoms with Crippen molar-refractivity contribution in [1.82, 2.24) is 20.2 Å². The van der Waals surface area contributed by atoms with E-state index in [1.54, 1.807) is 11.6 Å². The minimum absolute atomic E-state index is 0.0878. The number of nitro groups is 1. The molecule has 1 amide bonds. The molecule has 0 aliphatic heterocycles. The van der Waals surface area contributed by atoms with Gasteiger partial charge in [0.05, 0.1) is 26.6 Å². The highest BCUT2D eigenvalue weighted by atomic mass is 35.5. The van der Waals surface area contributed by atoms with Gasteiger partial charge in [-0.3, -0.25) is 14.9 Å². The Labute approximate surface area is 175 Å². The molecule has 1 unspecified atom stereocenters. The summed E-state index contributed by atoms with van der Waals surface area (Å²) >= 11 is 7.23. The van der Waals surface area contributed by atoms with Crippen molar-refractivity contribution in [1.29, 1.82) is 0 Å². The Morgan fingerprint density at radius 2 is 2.03 bits per heavy atom. The van der Waals surface area contributed by atoms with Gasteiger partial charge in [-0.1, -0.05) is 41.1 Å². The fraction of sp³-hybridized carbons (Fsp3) is 0.222. The molecule has 2 aromatic carbocycles. The second-order valence-electron chi connectivity index (χ2n) is 6.33. The van der Waals surface area contributed by atoms with Crippen molar-refractivity contribution in [2.45, 2.75) is 31.2 Å². The van der Waals surface area contributed by atoms with Gasteiger partial charge >= 0.3 is 0 Å². The first-order valence-corrected chi connectivity index (χ1v) is 9.79. The first-order chi connectivity index (χ1) is 13.8. The average Bonchev–Trinajstić information content (AvgIpc) is 3.10. The molecule has 1 aromatic heterocycles. The Morgan fingerprint density at radius 1 is 1.28 bits per heavy atom. The van der Waals surface area contributed by atoms with E-state index in [1.165, 1.54) is 30.0 Å². The van der Waals surface area contributed by atoms with Crippen molar-refractivity contribution in [3.05, 3.63) is 62.7 Å². The number of tetrazole rings is 1. The van der Waals surface area contributed by atoms with Crippen LogP contribution < -0.4 is 5.32 Å². The number of rotatable bonds is 6. The zero-order valence-corrected chi connectivity index (χ0v) is 17.4. The summed E-state index contributed by atoms with van der Waals surface area (Å²) in [5, 5.41) is 25.3. The smallest absolute Gasteiger partial charge is 0.271 e. The van der Waals surface area contributed by atoms with Gasteiger partial charge < -0.3 is 5.32 Å². The van der Waals surface area contributed by atoms with Crippen LogP contribution in [0.3, 0.4) is 0 Å². The van der Waals surface area contributed by atoms with E-state index in [9.17, 15) is 14.9 Å². The Kier molecular flexibility index (Phi) is 6.14. The predicted molar refractivity (Wildman–Crippen MR) is 111 cm³/mol. The number of nitrogens with one attached hydrogen (secondary N) is 1. The highest BCUT2D eigenvalue weighted by Crippen LogP contribution is 2.29. The number of amides is 1. The lowest BCUT2D eigenvalue weighted by molar-refractivity contribution is -0.384. The van der Waals surface area contributed by atoms with Crippen LogP contribution in [0, 0.1) is 24.0 Å². The van der Waals surface area contributed by atoms with Gasteiger partial charge in [0.25, 0.3) is 5.69 Å². The van der Waals surface area contributed by atoms with Gasteiger partial charge in [0.2, 0.25) is 11.1 Å². The van der Waals surface area contributed by atoms with Crippen molar-refractivity contribution >= 4 is 40.6 Å². The zero-order valence-electron chi connectivity index (χ0n) is 15.8. The Bertz CT molecular complexity index is 1090. The fourth-order valence-electron chi connectivity index (χ4n) is 2.61. The highest BCUT2D eigenvalue weighted by Gasteiger charge is 2.21. The predicted octanol–water partition coefficient (Wildman–Crippen LogP) is 3.96. The number of halogens is 1. The minimum Gasteiger partial charge on any atom is -0.324 e. The van der Waals surface area contributed by atoms with Crippen LogP contribution in [0.2, 0.25) is 5.02 Å². The number of anilines is 1. The Morgan fingerprint density at radius 3 is 2.69 bits per heavy atom. The molecule has 9 nitrogen and oxygen atoms in total. The standard InChI is InChI=1S/C18H17ClN6O3S/c1-10-4-7-16(11(2)8-10)24-18(21-22-23-24)29-12(3)17(26)20-15-6-5-13(25(27)28)9-14(15)19/h4-9,12H,1-3H3,(H,20,26). The van der Waals surface area contributed by atoms with Crippen LogP contribution in [0.15, 0.2) is 41.6 Å². The lowest BCUT2D eigenvalue weighted by Crippen LogP contribution is -2.23.